The van der Waals surface area contributed by atoms with Gasteiger partial charge in [0.2, 0.25) is 0 Å². The zero-order valence-corrected chi connectivity index (χ0v) is 8.64. The highest BCUT2D eigenvalue weighted by Crippen LogP contribution is 2.22. The lowest BCUT2D eigenvalue weighted by Gasteiger charge is -2.08. The van der Waals surface area contributed by atoms with Crippen molar-refractivity contribution in [2.24, 2.45) is 0 Å². The smallest absolute Gasteiger partial charge is 0.184 e. The van der Waals surface area contributed by atoms with Gasteiger partial charge in [-0.1, -0.05) is 0 Å². The molecule has 0 saturated heterocycles. The van der Waals surface area contributed by atoms with Crippen LogP contribution in [-0.4, -0.2) is 18.3 Å². The van der Waals surface area contributed by atoms with E-state index in [4.69, 9.17) is 16.3 Å². The van der Waals surface area contributed by atoms with Crippen LogP contribution in [0.15, 0.2) is 18.2 Å². The lowest BCUT2D eigenvalue weighted by molar-refractivity contribution is 0.0989. The fourth-order valence-electron chi connectivity index (χ4n) is 1.08. The molecule has 1 aromatic rings. The molecule has 0 heterocycles. The average molecular weight is 217 g/mol. The number of benzene rings is 1. The van der Waals surface area contributed by atoms with Gasteiger partial charge in [0.1, 0.15) is 11.6 Å². The van der Waals surface area contributed by atoms with E-state index in [9.17, 15) is 9.18 Å². The fourth-order valence-corrected chi connectivity index (χ4v) is 1.20. The Morgan fingerprint density at radius 2 is 2.21 bits per heavy atom. The SMILES string of the molecule is COc1cc(F)ccc1C(=O)C(C)Cl. The summed E-state index contributed by atoms with van der Waals surface area (Å²) in [5.41, 5.74) is 0.302. The van der Waals surface area contributed by atoms with Crippen molar-refractivity contribution < 1.29 is 13.9 Å². The number of hydrogen-bond donors (Lipinski definition) is 0. The van der Waals surface area contributed by atoms with Crippen LogP contribution in [0.1, 0.15) is 17.3 Å². The van der Waals surface area contributed by atoms with Crippen molar-refractivity contribution in [3.8, 4) is 5.75 Å². The molecule has 0 spiro atoms. The van der Waals surface area contributed by atoms with Crippen LogP contribution in [-0.2, 0) is 0 Å². The van der Waals surface area contributed by atoms with Gasteiger partial charge in [-0.05, 0) is 19.1 Å². The Labute approximate surface area is 86.6 Å². The van der Waals surface area contributed by atoms with Crippen LogP contribution in [0.5, 0.6) is 5.75 Å². The first-order chi connectivity index (χ1) is 6.56. The number of carbonyl (C=O) groups is 1. The number of carbonyl (C=O) groups excluding carboxylic acids is 1. The number of halogens is 2. The minimum atomic E-state index is -0.644. The summed E-state index contributed by atoms with van der Waals surface area (Å²) in [7, 11) is 1.38. The summed E-state index contributed by atoms with van der Waals surface area (Å²) >= 11 is 5.63. The first kappa shape index (κ1) is 11.0. The number of ether oxygens (including phenoxy) is 1. The Morgan fingerprint density at radius 3 is 2.71 bits per heavy atom. The molecule has 0 amide bonds. The van der Waals surface area contributed by atoms with Crippen molar-refractivity contribution in [1.29, 1.82) is 0 Å². The van der Waals surface area contributed by atoms with Crippen molar-refractivity contribution >= 4 is 17.4 Å². The predicted molar refractivity (Wildman–Crippen MR) is 52.6 cm³/mol. The van der Waals surface area contributed by atoms with Crippen LogP contribution < -0.4 is 4.74 Å². The largest absolute Gasteiger partial charge is 0.496 e. The molecule has 1 unspecified atom stereocenters. The zero-order valence-electron chi connectivity index (χ0n) is 7.88. The fraction of sp³-hybridized carbons (Fsp3) is 0.300. The third-order valence-corrected chi connectivity index (χ3v) is 1.99. The summed E-state index contributed by atoms with van der Waals surface area (Å²) in [6, 6.07) is 3.73. The molecule has 0 fully saturated rings. The van der Waals surface area contributed by atoms with Gasteiger partial charge in [0.05, 0.1) is 18.1 Å². The van der Waals surface area contributed by atoms with Crippen LogP contribution in [0.4, 0.5) is 4.39 Å². The molecule has 0 aliphatic rings. The lowest BCUT2D eigenvalue weighted by Crippen LogP contribution is -2.11. The Bertz CT molecular complexity index is 350. The van der Waals surface area contributed by atoms with Gasteiger partial charge in [-0.2, -0.15) is 0 Å². The van der Waals surface area contributed by atoms with E-state index in [1.54, 1.807) is 6.92 Å². The van der Waals surface area contributed by atoms with Crippen LogP contribution in [0.25, 0.3) is 0 Å². The van der Waals surface area contributed by atoms with Gasteiger partial charge in [-0.15, -0.1) is 11.6 Å². The zero-order chi connectivity index (χ0) is 10.7. The number of hydrogen-bond acceptors (Lipinski definition) is 2. The first-order valence-electron chi connectivity index (χ1n) is 4.08. The molecule has 1 atom stereocenters. The third kappa shape index (κ3) is 2.23. The third-order valence-electron chi connectivity index (χ3n) is 1.79. The van der Waals surface area contributed by atoms with Crippen molar-refractivity contribution in [1.82, 2.24) is 0 Å². The maximum atomic E-state index is 12.8. The molecule has 0 aliphatic carbocycles. The molecule has 14 heavy (non-hydrogen) atoms. The number of alkyl halides is 1. The molecule has 2 nitrogen and oxygen atoms in total. The molecule has 0 N–H and O–H groups in total. The van der Waals surface area contributed by atoms with Crippen molar-refractivity contribution in [2.75, 3.05) is 7.11 Å². The Morgan fingerprint density at radius 1 is 1.57 bits per heavy atom. The van der Waals surface area contributed by atoms with E-state index < -0.39 is 11.2 Å². The second-order valence-electron chi connectivity index (χ2n) is 2.82. The van der Waals surface area contributed by atoms with Crippen molar-refractivity contribution in [2.45, 2.75) is 12.3 Å². The highest BCUT2D eigenvalue weighted by Gasteiger charge is 2.17. The van der Waals surface area contributed by atoms with Crippen LogP contribution >= 0.6 is 11.6 Å². The second-order valence-corrected chi connectivity index (χ2v) is 3.48. The van der Waals surface area contributed by atoms with Crippen molar-refractivity contribution in [3.63, 3.8) is 0 Å². The second kappa shape index (κ2) is 4.42. The van der Waals surface area contributed by atoms with E-state index in [0.717, 1.165) is 6.07 Å². The van der Waals surface area contributed by atoms with E-state index in [0.29, 0.717) is 5.56 Å². The Kier molecular flexibility index (Phi) is 3.47. The molecule has 0 bridgehead atoms. The van der Waals surface area contributed by atoms with E-state index in [-0.39, 0.29) is 11.5 Å². The van der Waals surface area contributed by atoms with Crippen molar-refractivity contribution in [3.05, 3.63) is 29.6 Å². The molecule has 1 rings (SSSR count). The topological polar surface area (TPSA) is 26.3 Å². The summed E-state index contributed by atoms with van der Waals surface area (Å²) < 4.78 is 17.7. The molecule has 0 aromatic heterocycles. The predicted octanol–water partition coefficient (Wildman–Crippen LogP) is 2.64. The van der Waals surface area contributed by atoms with Gasteiger partial charge in [0.25, 0.3) is 0 Å². The highest BCUT2D eigenvalue weighted by molar-refractivity contribution is 6.33. The summed E-state index contributed by atoms with van der Waals surface area (Å²) in [5.74, 6) is -0.508. The van der Waals surface area contributed by atoms with Gasteiger partial charge < -0.3 is 4.74 Å². The molecule has 0 saturated carbocycles. The number of ketones is 1. The number of methoxy groups -OCH3 is 1. The van der Waals surface area contributed by atoms with Gasteiger partial charge >= 0.3 is 0 Å². The molecule has 0 radical (unpaired) electrons. The monoisotopic (exact) mass is 216 g/mol. The summed E-state index contributed by atoms with van der Waals surface area (Å²) in [5, 5.41) is -0.644. The van der Waals surface area contributed by atoms with E-state index in [1.807, 2.05) is 0 Å². The van der Waals surface area contributed by atoms with E-state index in [2.05, 4.69) is 0 Å². The first-order valence-corrected chi connectivity index (χ1v) is 4.51. The highest BCUT2D eigenvalue weighted by atomic mass is 35.5. The van der Waals surface area contributed by atoms with Gasteiger partial charge in [0.15, 0.2) is 5.78 Å². The number of rotatable bonds is 3. The van der Waals surface area contributed by atoms with Crippen LogP contribution in [0.2, 0.25) is 0 Å². The average Bonchev–Trinajstić information content (AvgIpc) is 2.16. The minimum Gasteiger partial charge on any atom is -0.496 e. The standard InChI is InChI=1S/C10H10ClFO2/c1-6(11)10(13)8-4-3-7(12)5-9(8)14-2/h3-6H,1-2H3. The number of Topliss-reactive ketones (excluding diaryl/α,β-unsaturated/α-hetero) is 1. The normalized spacial score (nSPS) is 12.3. The molecule has 76 valence electrons. The summed E-state index contributed by atoms with van der Waals surface area (Å²) in [6.45, 7) is 1.56. The molecule has 1 aromatic carbocycles. The van der Waals surface area contributed by atoms with E-state index in [1.165, 1.54) is 19.2 Å². The maximum Gasteiger partial charge on any atom is 0.184 e. The van der Waals surface area contributed by atoms with Gasteiger partial charge in [0, 0.05) is 6.07 Å². The van der Waals surface area contributed by atoms with Gasteiger partial charge in [-0.3, -0.25) is 4.79 Å². The summed E-state index contributed by atoms with van der Waals surface area (Å²) in [6.07, 6.45) is 0. The Hall–Kier alpha value is -1.09. The molecular formula is C10H10ClFO2. The van der Waals surface area contributed by atoms with E-state index >= 15 is 0 Å². The molecular weight excluding hydrogens is 207 g/mol. The minimum absolute atomic E-state index is 0.211. The lowest BCUT2D eigenvalue weighted by atomic mass is 10.1. The maximum absolute atomic E-state index is 12.8. The Balaban J connectivity index is 3.14. The molecule has 4 heteroatoms. The van der Waals surface area contributed by atoms with Crippen LogP contribution in [0, 0.1) is 5.82 Å². The molecule has 0 aliphatic heterocycles. The van der Waals surface area contributed by atoms with Crippen LogP contribution in [0.3, 0.4) is 0 Å². The summed E-state index contributed by atoms with van der Waals surface area (Å²) in [4.78, 5) is 11.5. The van der Waals surface area contributed by atoms with Gasteiger partial charge in [-0.25, -0.2) is 4.39 Å². The quantitative estimate of drug-likeness (QED) is 0.574.